The third-order valence-electron chi connectivity index (χ3n) is 1.94. The number of hydrogen-bond donors (Lipinski definition) is 4. The van der Waals surface area contributed by atoms with Gasteiger partial charge in [-0.1, -0.05) is 0 Å². The standard InChI is InChI=1S/2C6H10O4.C2H4N2O2.H2S/c2*1-2-10-6(9)4-3-5(7)8;3-1(5)2(4)6;/h2*2-4H2,1H3,(H,7,8);(H2,3,5)(H2,4,6);1H2. The SMILES string of the molecule is CCOC(=O)CCC(=O)O.CCOC(=O)CCC(=O)O.NC(=O)C(N)=O.S. The molecule has 0 bridgehead atoms. The molecule has 0 heterocycles. The summed E-state index contributed by atoms with van der Waals surface area (Å²) in [4.78, 5) is 59.6. The summed E-state index contributed by atoms with van der Waals surface area (Å²) in [7, 11) is 0. The van der Waals surface area contributed by atoms with Gasteiger partial charge in [-0.05, 0) is 13.8 Å². The highest BCUT2D eigenvalue weighted by atomic mass is 32.1. The molecule has 0 fully saturated rings. The first-order valence-corrected chi connectivity index (χ1v) is 7.31. The van der Waals surface area contributed by atoms with E-state index in [-0.39, 0.29) is 39.2 Å². The lowest BCUT2D eigenvalue weighted by Crippen LogP contribution is -2.29. The van der Waals surface area contributed by atoms with E-state index in [9.17, 15) is 28.8 Å². The van der Waals surface area contributed by atoms with Gasteiger partial charge in [-0.15, -0.1) is 0 Å². The fraction of sp³-hybridized carbons (Fsp3) is 0.571. The van der Waals surface area contributed by atoms with Crippen molar-refractivity contribution in [2.24, 2.45) is 11.5 Å². The molecular weight excluding hydrogens is 388 g/mol. The van der Waals surface area contributed by atoms with E-state index in [0.717, 1.165) is 0 Å². The molecule has 0 aromatic rings. The van der Waals surface area contributed by atoms with E-state index in [2.05, 4.69) is 20.9 Å². The van der Waals surface area contributed by atoms with Gasteiger partial charge < -0.3 is 31.2 Å². The second-order valence-electron chi connectivity index (χ2n) is 4.13. The fourth-order valence-electron chi connectivity index (χ4n) is 0.884. The summed E-state index contributed by atoms with van der Waals surface area (Å²) in [5.41, 5.74) is 8.64. The largest absolute Gasteiger partial charge is 0.481 e. The molecule has 27 heavy (non-hydrogen) atoms. The van der Waals surface area contributed by atoms with Crippen molar-refractivity contribution in [3.05, 3.63) is 0 Å². The Labute approximate surface area is 162 Å². The maximum Gasteiger partial charge on any atom is 0.306 e. The minimum atomic E-state index is -1.10. The fourth-order valence-corrected chi connectivity index (χ4v) is 0.884. The zero-order valence-corrected chi connectivity index (χ0v) is 16.1. The second kappa shape index (κ2) is 21.2. The quantitative estimate of drug-likeness (QED) is 0.278. The van der Waals surface area contributed by atoms with Crippen molar-refractivity contribution in [2.45, 2.75) is 39.5 Å². The lowest BCUT2D eigenvalue weighted by molar-refractivity contribution is -0.147. The van der Waals surface area contributed by atoms with Gasteiger partial charge in [-0.25, -0.2) is 0 Å². The molecule has 0 unspecified atom stereocenters. The molecule has 0 radical (unpaired) electrons. The van der Waals surface area contributed by atoms with E-state index >= 15 is 0 Å². The first-order chi connectivity index (χ1) is 12.0. The summed E-state index contributed by atoms with van der Waals surface area (Å²) in [5.74, 6) is -5.07. The summed E-state index contributed by atoms with van der Waals surface area (Å²) >= 11 is 0. The molecule has 0 aromatic carbocycles. The van der Waals surface area contributed by atoms with Gasteiger partial charge in [0, 0.05) is 0 Å². The third-order valence-corrected chi connectivity index (χ3v) is 1.94. The lowest BCUT2D eigenvalue weighted by Gasteiger charge is -1.97. The minimum absolute atomic E-state index is 0. The van der Waals surface area contributed by atoms with Gasteiger partial charge in [-0.2, -0.15) is 13.5 Å². The van der Waals surface area contributed by atoms with Crippen LogP contribution in [0.25, 0.3) is 0 Å². The molecule has 6 N–H and O–H groups in total. The number of carboxylic acid groups (broad SMARTS) is 2. The predicted molar refractivity (Wildman–Crippen MR) is 95.8 cm³/mol. The van der Waals surface area contributed by atoms with E-state index in [4.69, 9.17) is 10.2 Å². The van der Waals surface area contributed by atoms with E-state index in [1.165, 1.54) is 0 Å². The number of amides is 2. The second-order valence-corrected chi connectivity index (χ2v) is 4.13. The van der Waals surface area contributed by atoms with Crippen LogP contribution in [0.15, 0.2) is 0 Å². The Morgan fingerprint density at radius 1 is 0.667 bits per heavy atom. The highest BCUT2D eigenvalue weighted by Gasteiger charge is 2.05. The molecular formula is C14H26N2O10S. The highest BCUT2D eigenvalue weighted by Crippen LogP contribution is 1.92. The maximum atomic E-state index is 10.5. The lowest BCUT2D eigenvalue weighted by atomic mass is 10.3. The molecule has 0 rings (SSSR count). The van der Waals surface area contributed by atoms with E-state index in [1.807, 2.05) is 0 Å². The number of carboxylic acids is 2. The van der Waals surface area contributed by atoms with Crippen LogP contribution in [-0.4, -0.2) is 59.1 Å². The van der Waals surface area contributed by atoms with Gasteiger partial charge in [0.2, 0.25) is 0 Å². The Kier molecular flexibility index (Phi) is 25.1. The van der Waals surface area contributed by atoms with Crippen molar-refractivity contribution >= 4 is 49.2 Å². The zero-order chi connectivity index (χ0) is 21.1. The Bertz CT molecular complexity index is 452. The van der Waals surface area contributed by atoms with Gasteiger partial charge in [-0.3, -0.25) is 28.8 Å². The topological polar surface area (TPSA) is 213 Å². The molecule has 158 valence electrons. The summed E-state index contributed by atoms with van der Waals surface area (Å²) < 4.78 is 8.98. The van der Waals surface area contributed by atoms with Crippen LogP contribution in [0.3, 0.4) is 0 Å². The number of hydrogen-bond acceptors (Lipinski definition) is 8. The van der Waals surface area contributed by atoms with Crippen molar-refractivity contribution in [3.63, 3.8) is 0 Å². The summed E-state index contributed by atoms with van der Waals surface area (Å²) in [6.45, 7) is 3.97. The molecule has 0 aliphatic carbocycles. The molecule has 0 saturated heterocycles. The van der Waals surface area contributed by atoms with Crippen molar-refractivity contribution in [3.8, 4) is 0 Å². The van der Waals surface area contributed by atoms with Crippen LogP contribution in [0.4, 0.5) is 0 Å². The van der Waals surface area contributed by atoms with Gasteiger partial charge in [0.1, 0.15) is 0 Å². The third kappa shape index (κ3) is 35.2. The van der Waals surface area contributed by atoms with Crippen molar-refractivity contribution in [1.29, 1.82) is 0 Å². The molecule has 0 saturated carbocycles. The molecule has 0 aromatic heterocycles. The number of carbonyl (C=O) groups is 6. The van der Waals surface area contributed by atoms with Crippen LogP contribution in [0.2, 0.25) is 0 Å². The molecule has 0 atom stereocenters. The maximum absolute atomic E-state index is 10.5. The number of aliphatic carboxylic acids is 2. The number of nitrogens with two attached hydrogens (primary N) is 2. The molecule has 2 amide bonds. The summed E-state index contributed by atoms with van der Waals surface area (Å²) in [6.07, 6.45) is -0.385. The van der Waals surface area contributed by atoms with Crippen molar-refractivity contribution in [1.82, 2.24) is 0 Å². The predicted octanol–water partition coefficient (Wildman–Crippen LogP) is -1.10. The van der Waals surface area contributed by atoms with Crippen LogP contribution >= 0.6 is 13.5 Å². The number of carbonyl (C=O) groups excluding carboxylic acids is 4. The Balaban J connectivity index is -0.000000149. The number of esters is 2. The summed E-state index contributed by atoms with van der Waals surface area (Å²) in [6, 6.07) is 0. The highest BCUT2D eigenvalue weighted by molar-refractivity contribution is 7.59. The average Bonchev–Trinajstić information content (AvgIpc) is 2.52. The van der Waals surface area contributed by atoms with Gasteiger partial charge >= 0.3 is 35.7 Å². The number of ether oxygens (including phenoxy) is 2. The monoisotopic (exact) mass is 414 g/mol. The van der Waals surface area contributed by atoms with Crippen LogP contribution in [0.1, 0.15) is 39.5 Å². The van der Waals surface area contributed by atoms with Crippen LogP contribution < -0.4 is 11.5 Å². The zero-order valence-electron chi connectivity index (χ0n) is 15.1. The molecule has 13 heteroatoms. The molecule has 12 nitrogen and oxygen atoms in total. The van der Waals surface area contributed by atoms with E-state index < -0.39 is 35.7 Å². The molecule has 0 aliphatic heterocycles. The summed E-state index contributed by atoms with van der Waals surface area (Å²) in [5, 5.41) is 16.2. The van der Waals surface area contributed by atoms with E-state index in [1.54, 1.807) is 13.8 Å². The van der Waals surface area contributed by atoms with Crippen molar-refractivity contribution < 1.29 is 48.5 Å². The number of primary amides is 2. The van der Waals surface area contributed by atoms with Gasteiger partial charge in [0.05, 0.1) is 38.9 Å². The molecule has 0 spiro atoms. The number of rotatable bonds is 8. The van der Waals surface area contributed by atoms with Gasteiger partial charge in [0.25, 0.3) is 0 Å². The Hall–Kier alpha value is -2.83. The Morgan fingerprint density at radius 3 is 1.07 bits per heavy atom. The first-order valence-electron chi connectivity index (χ1n) is 7.31. The Morgan fingerprint density at radius 2 is 0.926 bits per heavy atom. The van der Waals surface area contributed by atoms with Crippen LogP contribution in [0, 0.1) is 0 Å². The first kappa shape index (κ1) is 31.9. The van der Waals surface area contributed by atoms with Crippen molar-refractivity contribution in [2.75, 3.05) is 13.2 Å². The average molecular weight is 414 g/mol. The normalized spacial score (nSPS) is 8.22. The van der Waals surface area contributed by atoms with Crippen LogP contribution in [0.5, 0.6) is 0 Å². The van der Waals surface area contributed by atoms with Crippen LogP contribution in [-0.2, 0) is 38.2 Å². The van der Waals surface area contributed by atoms with Gasteiger partial charge in [0.15, 0.2) is 0 Å². The minimum Gasteiger partial charge on any atom is -0.481 e. The molecule has 0 aliphatic rings. The van der Waals surface area contributed by atoms with E-state index in [0.29, 0.717) is 13.2 Å². The smallest absolute Gasteiger partial charge is 0.306 e.